The number of fused-ring (bicyclic) bond motifs is 1. The van der Waals surface area contributed by atoms with Gasteiger partial charge in [-0.1, -0.05) is 12.1 Å². The van der Waals surface area contributed by atoms with Crippen LogP contribution in [-0.4, -0.2) is 42.8 Å². The van der Waals surface area contributed by atoms with E-state index in [2.05, 4.69) is 15.2 Å². The largest absolute Gasteiger partial charge is 0.475 e. The fourth-order valence-electron chi connectivity index (χ4n) is 2.47. The van der Waals surface area contributed by atoms with Crippen LogP contribution in [0.3, 0.4) is 0 Å². The summed E-state index contributed by atoms with van der Waals surface area (Å²) >= 11 is 0. The summed E-state index contributed by atoms with van der Waals surface area (Å²) in [7, 11) is 0. The van der Waals surface area contributed by atoms with Crippen molar-refractivity contribution in [2.45, 2.75) is 13.3 Å². The van der Waals surface area contributed by atoms with Crippen LogP contribution >= 0.6 is 0 Å². The van der Waals surface area contributed by atoms with Crippen molar-refractivity contribution in [1.82, 2.24) is 15.3 Å². The molecule has 0 aliphatic carbocycles. The van der Waals surface area contributed by atoms with Crippen molar-refractivity contribution in [3.63, 3.8) is 0 Å². The molecule has 0 spiro atoms. The lowest BCUT2D eigenvalue weighted by Gasteiger charge is -2.23. The number of nitrogens with one attached hydrogen (secondary N) is 1. The van der Waals surface area contributed by atoms with Crippen LogP contribution in [0, 0.1) is 0 Å². The van der Waals surface area contributed by atoms with Crippen molar-refractivity contribution in [3.8, 4) is 5.88 Å². The van der Waals surface area contributed by atoms with E-state index in [0.29, 0.717) is 12.5 Å². The van der Waals surface area contributed by atoms with E-state index in [9.17, 15) is 0 Å². The summed E-state index contributed by atoms with van der Waals surface area (Å²) in [4.78, 5) is 11.7. The number of hydrogen-bond acceptors (Lipinski definition) is 5. The van der Waals surface area contributed by atoms with Gasteiger partial charge in [-0.25, -0.2) is 9.97 Å². The van der Waals surface area contributed by atoms with Crippen LogP contribution < -0.4 is 15.0 Å². The molecule has 5 heteroatoms. The number of aromatic nitrogens is 2. The third-order valence-electron chi connectivity index (χ3n) is 3.44. The summed E-state index contributed by atoms with van der Waals surface area (Å²) in [5.74, 6) is 1.52. The van der Waals surface area contributed by atoms with Gasteiger partial charge >= 0.3 is 0 Å². The molecule has 0 atom stereocenters. The monoisotopic (exact) mass is 272 g/mol. The molecule has 3 rings (SSSR count). The SMILES string of the molecule is CCOc1nc2ccccc2nc1N1CCCNCC1. The summed E-state index contributed by atoms with van der Waals surface area (Å²) in [6.45, 7) is 6.53. The number of para-hydroxylation sites is 2. The van der Waals surface area contributed by atoms with Gasteiger partial charge in [-0.05, 0) is 32.0 Å². The van der Waals surface area contributed by atoms with Gasteiger partial charge in [0, 0.05) is 19.6 Å². The first-order valence-corrected chi connectivity index (χ1v) is 7.23. The Bertz CT molecular complexity index is 579. The normalized spacial score (nSPS) is 16.1. The molecule has 1 aromatic carbocycles. The van der Waals surface area contributed by atoms with Gasteiger partial charge in [-0.15, -0.1) is 0 Å². The molecule has 1 saturated heterocycles. The summed E-state index contributed by atoms with van der Waals surface area (Å²) < 4.78 is 5.70. The smallest absolute Gasteiger partial charge is 0.258 e. The van der Waals surface area contributed by atoms with Crippen LogP contribution in [0.4, 0.5) is 5.82 Å². The van der Waals surface area contributed by atoms with E-state index >= 15 is 0 Å². The Morgan fingerprint density at radius 1 is 1.15 bits per heavy atom. The lowest BCUT2D eigenvalue weighted by Crippen LogP contribution is -2.29. The van der Waals surface area contributed by atoms with E-state index < -0.39 is 0 Å². The summed E-state index contributed by atoms with van der Waals surface area (Å²) in [6.07, 6.45) is 1.11. The molecule has 1 aliphatic rings. The molecule has 0 radical (unpaired) electrons. The maximum absolute atomic E-state index is 5.70. The molecule has 1 aromatic heterocycles. The van der Waals surface area contributed by atoms with Crippen molar-refractivity contribution in [2.75, 3.05) is 37.7 Å². The first-order valence-electron chi connectivity index (χ1n) is 7.23. The molecule has 0 amide bonds. The van der Waals surface area contributed by atoms with Crippen molar-refractivity contribution in [2.24, 2.45) is 0 Å². The van der Waals surface area contributed by atoms with Crippen LogP contribution in [0.1, 0.15) is 13.3 Å². The Balaban J connectivity index is 2.03. The van der Waals surface area contributed by atoms with Crippen LogP contribution in [0.5, 0.6) is 5.88 Å². The van der Waals surface area contributed by atoms with Gasteiger partial charge in [-0.3, -0.25) is 0 Å². The standard InChI is InChI=1S/C15H20N4O/c1-2-20-15-14(19-10-5-8-16-9-11-19)17-12-6-3-4-7-13(12)18-15/h3-4,6-7,16H,2,5,8-11H2,1H3. The Kier molecular flexibility index (Phi) is 3.97. The molecule has 0 saturated carbocycles. The van der Waals surface area contributed by atoms with Gasteiger partial charge < -0.3 is 15.0 Å². The topological polar surface area (TPSA) is 50.3 Å². The first-order chi connectivity index (χ1) is 9.88. The minimum Gasteiger partial charge on any atom is -0.475 e. The number of ether oxygens (including phenoxy) is 1. The highest BCUT2D eigenvalue weighted by Gasteiger charge is 2.18. The molecule has 106 valence electrons. The molecule has 2 heterocycles. The third kappa shape index (κ3) is 2.67. The van der Waals surface area contributed by atoms with E-state index in [1.807, 2.05) is 31.2 Å². The highest BCUT2D eigenvalue weighted by atomic mass is 16.5. The van der Waals surface area contributed by atoms with Crippen molar-refractivity contribution in [1.29, 1.82) is 0 Å². The molecule has 1 fully saturated rings. The van der Waals surface area contributed by atoms with E-state index in [1.165, 1.54) is 0 Å². The van der Waals surface area contributed by atoms with Crippen LogP contribution in [-0.2, 0) is 0 Å². The van der Waals surface area contributed by atoms with E-state index in [-0.39, 0.29) is 0 Å². The lowest BCUT2D eigenvalue weighted by molar-refractivity contribution is 0.327. The van der Waals surface area contributed by atoms with Gasteiger partial charge in [0.25, 0.3) is 5.88 Å². The van der Waals surface area contributed by atoms with Crippen molar-refractivity contribution < 1.29 is 4.74 Å². The molecule has 1 aliphatic heterocycles. The Morgan fingerprint density at radius 2 is 1.95 bits per heavy atom. The molecule has 5 nitrogen and oxygen atoms in total. The maximum Gasteiger partial charge on any atom is 0.258 e. The zero-order valence-electron chi connectivity index (χ0n) is 11.8. The number of benzene rings is 1. The predicted octanol–water partition coefficient (Wildman–Crippen LogP) is 1.83. The first kappa shape index (κ1) is 13.1. The fourth-order valence-corrected chi connectivity index (χ4v) is 2.47. The highest BCUT2D eigenvalue weighted by Crippen LogP contribution is 2.27. The number of nitrogens with zero attached hydrogens (tertiary/aromatic N) is 3. The minimum atomic E-state index is 0.603. The maximum atomic E-state index is 5.70. The van der Waals surface area contributed by atoms with Crippen molar-refractivity contribution in [3.05, 3.63) is 24.3 Å². The number of anilines is 1. The van der Waals surface area contributed by atoms with Crippen LogP contribution in [0.25, 0.3) is 11.0 Å². The van der Waals surface area contributed by atoms with Gasteiger partial charge in [0.2, 0.25) is 0 Å². The summed E-state index contributed by atoms with van der Waals surface area (Å²) in [5, 5.41) is 3.40. The summed E-state index contributed by atoms with van der Waals surface area (Å²) in [5.41, 5.74) is 1.80. The van der Waals surface area contributed by atoms with E-state index in [0.717, 1.165) is 49.5 Å². The molecular weight excluding hydrogens is 252 g/mol. The van der Waals surface area contributed by atoms with E-state index in [4.69, 9.17) is 9.72 Å². The Morgan fingerprint density at radius 3 is 2.75 bits per heavy atom. The molecule has 2 aromatic rings. The van der Waals surface area contributed by atoms with Gasteiger partial charge in [0.15, 0.2) is 5.82 Å². The predicted molar refractivity (Wildman–Crippen MR) is 80.4 cm³/mol. The molecular formula is C15H20N4O. The Labute approximate surface area is 119 Å². The summed E-state index contributed by atoms with van der Waals surface area (Å²) in [6, 6.07) is 7.93. The second-order valence-corrected chi connectivity index (χ2v) is 4.86. The van der Waals surface area contributed by atoms with Gasteiger partial charge in [0.1, 0.15) is 0 Å². The molecule has 20 heavy (non-hydrogen) atoms. The quantitative estimate of drug-likeness (QED) is 0.923. The van der Waals surface area contributed by atoms with E-state index in [1.54, 1.807) is 0 Å². The zero-order valence-corrected chi connectivity index (χ0v) is 11.8. The second-order valence-electron chi connectivity index (χ2n) is 4.86. The lowest BCUT2D eigenvalue weighted by atomic mass is 10.3. The number of rotatable bonds is 3. The molecule has 0 unspecified atom stereocenters. The molecule has 1 N–H and O–H groups in total. The van der Waals surface area contributed by atoms with Crippen molar-refractivity contribution >= 4 is 16.9 Å². The number of hydrogen-bond donors (Lipinski definition) is 1. The minimum absolute atomic E-state index is 0.603. The zero-order chi connectivity index (χ0) is 13.8. The van der Waals surface area contributed by atoms with Crippen LogP contribution in [0.15, 0.2) is 24.3 Å². The van der Waals surface area contributed by atoms with Crippen LogP contribution in [0.2, 0.25) is 0 Å². The Hall–Kier alpha value is -1.88. The average Bonchev–Trinajstić information content (AvgIpc) is 2.76. The fraction of sp³-hybridized carbons (Fsp3) is 0.467. The van der Waals surface area contributed by atoms with Gasteiger partial charge in [0.05, 0.1) is 17.6 Å². The second kappa shape index (κ2) is 6.05. The average molecular weight is 272 g/mol. The third-order valence-corrected chi connectivity index (χ3v) is 3.44. The van der Waals surface area contributed by atoms with Gasteiger partial charge in [-0.2, -0.15) is 0 Å². The highest BCUT2D eigenvalue weighted by molar-refractivity contribution is 5.77. The molecule has 0 bridgehead atoms.